The number of carboxylic acids is 1. The molecule has 8 nitrogen and oxygen atoms in total. The Balaban J connectivity index is 2.31. The lowest BCUT2D eigenvalue weighted by Gasteiger charge is -2.03. The van der Waals surface area contributed by atoms with Crippen LogP contribution in [0.3, 0.4) is 0 Å². The van der Waals surface area contributed by atoms with Crippen molar-refractivity contribution >= 4 is 29.0 Å². The van der Waals surface area contributed by atoms with E-state index in [1.807, 2.05) is 0 Å². The highest BCUT2D eigenvalue weighted by Crippen LogP contribution is 2.23. The van der Waals surface area contributed by atoms with E-state index in [9.17, 15) is 9.59 Å². The van der Waals surface area contributed by atoms with E-state index >= 15 is 0 Å². The predicted molar refractivity (Wildman–Crippen MR) is 67.4 cm³/mol. The fraction of sp³-hybridized carbons (Fsp3) is 0.182. The van der Waals surface area contributed by atoms with Gasteiger partial charge in [0, 0.05) is 5.69 Å². The number of carbonyl (C=O) groups is 2. The van der Waals surface area contributed by atoms with Gasteiger partial charge < -0.3 is 10.8 Å². The first kappa shape index (κ1) is 12.7. The average molecular weight is 261 g/mol. The first-order valence-electron chi connectivity index (χ1n) is 5.36. The monoisotopic (exact) mass is 261 g/mol. The molecule has 0 fully saturated rings. The van der Waals surface area contributed by atoms with Gasteiger partial charge in [-0.2, -0.15) is 15.3 Å². The lowest BCUT2D eigenvalue weighted by molar-refractivity contribution is -0.120. The van der Waals surface area contributed by atoms with E-state index in [-0.39, 0.29) is 11.3 Å². The van der Waals surface area contributed by atoms with Crippen LogP contribution in [0.5, 0.6) is 0 Å². The molecule has 0 unspecified atom stereocenters. The van der Waals surface area contributed by atoms with Crippen LogP contribution in [0, 0.1) is 0 Å². The normalized spacial score (nSPS) is 18.5. The Morgan fingerprint density at radius 2 is 2.26 bits per heavy atom. The molecule has 0 saturated heterocycles. The molecule has 4 N–H and O–H groups in total. The van der Waals surface area contributed by atoms with Crippen LogP contribution in [0.4, 0.5) is 11.4 Å². The lowest BCUT2D eigenvalue weighted by atomic mass is 10.1. The third-order valence-electron chi connectivity index (χ3n) is 2.52. The number of nitrogens with two attached hydrogens (primary N) is 1. The van der Waals surface area contributed by atoms with Crippen molar-refractivity contribution in [2.75, 3.05) is 5.73 Å². The van der Waals surface area contributed by atoms with E-state index in [4.69, 9.17) is 10.8 Å². The second-order valence-corrected chi connectivity index (χ2v) is 3.93. The van der Waals surface area contributed by atoms with Gasteiger partial charge in [-0.05, 0) is 25.1 Å². The van der Waals surface area contributed by atoms with Crippen molar-refractivity contribution in [1.82, 2.24) is 5.43 Å². The molecule has 0 saturated carbocycles. The van der Waals surface area contributed by atoms with Crippen LogP contribution >= 0.6 is 0 Å². The minimum atomic E-state index is -1.16. The molecule has 19 heavy (non-hydrogen) atoms. The van der Waals surface area contributed by atoms with Gasteiger partial charge in [0.15, 0.2) is 6.04 Å². The van der Waals surface area contributed by atoms with Gasteiger partial charge in [-0.25, -0.2) is 10.2 Å². The van der Waals surface area contributed by atoms with Crippen LogP contribution < -0.4 is 11.2 Å². The highest BCUT2D eigenvalue weighted by Gasteiger charge is 2.26. The number of hydrogen-bond acceptors (Lipinski definition) is 6. The highest BCUT2D eigenvalue weighted by molar-refractivity contribution is 6.10. The van der Waals surface area contributed by atoms with Crippen molar-refractivity contribution in [3.8, 4) is 0 Å². The number of nitrogens with zero attached hydrogens (tertiary/aromatic N) is 3. The molecule has 1 aliphatic heterocycles. The Labute approximate surface area is 108 Å². The predicted octanol–water partition coefficient (Wildman–Crippen LogP) is 0.925. The number of anilines is 1. The summed E-state index contributed by atoms with van der Waals surface area (Å²) in [5, 5.41) is 20.3. The van der Waals surface area contributed by atoms with Gasteiger partial charge in [-0.1, -0.05) is 0 Å². The average Bonchev–Trinajstić information content (AvgIpc) is 2.68. The van der Waals surface area contributed by atoms with Crippen LogP contribution in [0.15, 0.2) is 33.5 Å². The smallest absolute Gasteiger partial charge is 0.338 e. The number of amides is 1. The van der Waals surface area contributed by atoms with Crippen molar-refractivity contribution in [1.29, 1.82) is 0 Å². The van der Waals surface area contributed by atoms with Gasteiger partial charge in [-0.3, -0.25) is 4.79 Å². The van der Waals surface area contributed by atoms with Crippen LogP contribution in [0.2, 0.25) is 0 Å². The van der Waals surface area contributed by atoms with E-state index in [1.54, 1.807) is 6.92 Å². The van der Waals surface area contributed by atoms with E-state index in [0.717, 1.165) is 0 Å². The molecule has 98 valence electrons. The molecular formula is C11H11N5O3. The Morgan fingerprint density at radius 1 is 1.53 bits per heavy atom. The van der Waals surface area contributed by atoms with Gasteiger partial charge in [0.05, 0.1) is 17.0 Å². The van der Waals surface area contributed by atoms with E-state index < -0.39 is 17.9 Å². The fourth-order valence-electron chi connectivity index (χ4n) is 1.52. The number of carboxylic acid groups (broad SMARTS) is 1. The van der Waals surface area contributed by atoms with Crippen molar-refractivity contribution in [2.45, 2.75) is 13.0 Å². The summed E-state index contributed by atoms with van der Waals surface area (Å²) in [5.41, 5.74) is 8.62. The zero-order chi connectivity index (χ0) is 14.0. The van der Waals surface area contributed by atoms with Gasteiger partial charge in [0.25, 0.3) is 5.91 Å². The third-order valence-corrected chi connectivity index (χ3v) is 2.52. The molecule has 8 heteroatoms. The molecule has 2 rings (SSSR count). The number of aromatic carboxylic acids is 1. The number of hydrazone groups is 1. The van der Waals surface area contributed by atoms with Gasteiger partial charge in [0.1, 0.15) is 0 Å². The van der Waals surface area contributed by atoms with Crippen molar-refractivity contribution < 1.29 is 14.7 Å². The fourth-order valence-corrected chi connectivity index (χ4v) is 1.52. The van der Waals surface area contributed by atoms with E-state index in [1.165, 1.54) is 18.2 Å². The van der Waals surface area contributed by atoms with Crippen molar-refractivity contribution in [3.63, 3.8) is 0 Å². The van der Waals surface area contributed by atoms with Crippen LogP contribution in [0.25, 0.3) is 0 Å². The quantitative estimate of drug-likeness (QED) is 0.551. The molecule has 1 aliphatic rings. The number of nitrogen functional groups attached to an aromatic ring is 1. The zero-order valence-electron chi connectivity index (χ0n) is 9.99. The maximum atomic E-state index is 11.4. The number of hydrogen-bond donors (Lipinski definition) is 3. The summed E-state index contributed by atoms with van der Waals surface area (Å²) < 4.78 is 0. The number of azo groups is 1. The standard InChI is InChI=1S/C11H11N5O3/c1-5-9(10(17)16-13-5)15-14-8-3-2-6(12)4-7(8)11(18)19/h2-4,9H,12H2,1H3,(H,16,17)(H,18,19)/t9-/m1/s1. The topological polar surface area (TPSA) is 130 Å². The second kappa shape index (κ2) is 4.84. The molecule has 0 radical (unpaired) electrons. The Kier molecular flexibility index (Phi) is 3.23. The molecule has 1 atom stereocenters. The number of carbonyl (C=O) groups excluding carboxylic acids is 1. The largest absolute Gasteiger partial charge is 0.478 e. The second-order valence-electron chi connectivity index (χ2n) is 3.93. The summed E-state index contributed by atoms with van der Waals surface area (Å²) in [7, 11) is 0. The summed E-state index contributed by atoms with van der Waals surface area (Å²) in [4.78, 5) is 22.4. The van der Waals surface area contributed by atoms with Crippen molar-refractivity contribution in [2.24, 2.45) is 15.3 Å². The van der Waals surface area contributed by atoms with Gasteiger partial charge >= 0.3 is 5.97 Å². The summed E-state index contributed by atoms with van der Waals surface area (Å²) in [6, 6.07) is 3.41. The zero-order valence-corrected chi connectivity index (χ0v) is 9.99. The van der Waals surface area contributed by atoms with Crippen LogP contribution in [-0.4, -0.2) is 28.7 Å². The maximum Gasteiger partial charge on any atom is 0.338 e. The number of benzene rings is 1. The van der Waals surface area contributed by atoms with Crippen LogP contribution in [0.1, 0.15) is 17.3 Å². The first-order valence-corrected chi connectivity index (χ1v) is 5.36. The molecule has 1 heterocycles. The maximum absolute atomic E-state index is 11.4. The molecule has 0 spiro atoms. The van der Waals surface area contributed by atoms with Crippen LogP contribution in [-0.2, 0) is 4.79 Å². The molecule has 1 aromatic rings. The Hall–Kier alpha value is -2.77. The summed E-state index contributed by atoms with van der Waals surface area (Å²) in [6.45, 7) is 1.63. The summed E-state index contributed by atoms with van der Waals surface area (Å²) in [5.74, 6) is -1.56. The Morgan fingerprint density at radius 3 is 2.84 bits per heavy atom. The third kappa shape index (κ3) is 2.57. The molecule has 0 aliphatic carbocycles. The summed E-state index contributed by atoms with van der Waals surface area (Å²) in [6.07, 6.45) is 0. The van der Waals surface area contributed by atoms with E-state index in [0.29, 0.717) is 11.4 Å². The number of nitrogens with one attached hydrogen (secondary N) is 1. The molecular weight excluding hydrogens is 250 g/mol. The first-order chi connectivity index (χ1) is 8.99. The number of rotatable bonds is 3. The van der Waals surface area contributed by atoms with Gasteiger partial charge in [-0.15, -0.1) is 0 Å². The SMILES string of the molecule is CC1=NNC(=O)[C@@H]1N=Nc1ccc(N)cc1C(=O)O. The molecule has 1 aromatic carbocycles. The van der Waals surface area contributed by atoms with Gasteiger partial charge in [0.2, 0.25) is 0 Å². The molecule has 1 amide bonds. The highest BCUT2D eigenvalue weighted by atomic mass is 16.4. The Bertz CT molecular complexity index is 608. The van der Waals surface area contributed by atoms with E-state index in [2.05, 4.69) is 20.8 Å². The summed E-state index contributed by atoms with van der Waals surface area (Å²) >= 11 is 0. The molecule has 0 aromatic heterocycles. The lowest BCUT2D eigenvalue weighted by Crippen LogP contribution is -2.25. The van der Waals surface area contributed by atoms with Crippen molar-refractivity contribution in [3.05, 3.63) is 23.8 Å². The minimum absolute atomic E-state index is 0.0725. The minimum Gasteiger partial charge on any atom is -0.478 e. The molecule has 0 bridgehead atoms.